The van der Waals surface area contributed by atoms with Gasteiger partial charge in [0.25, 0.3) is 0 Å². The molecule has 0 radical (unpaired) electrons. The second-order valence-corrected chi connectivity index (χ2v) is 6.55. The molecular formula is C17H25N3O5S. The highest BCUT2D eigenvalue weighted by Crippen LogP contribution is 2.43. The third kappa shape index (κ3) is 8.11. The number of nitrogens with one attached hydrogen (secondary N) is 2. The van der Waals surface area contributed by atoms with E-state index >= 15 is 0 Å². The molecule has 144 valence electrons. The van der Waals surface area contributed by atoms with E-state index in [2.05, 4.69) is 15.0 Å². The number of imide groups is 1. The minimum Gasteiger partial charge on any atom is -0.497 e. The van der Waals surface area contributed by atoms with Crippen molar-refractivity contribution in [3.05, 3.63) is 29.8 Å². The van der Waals surface area contributed by atoms with Gasteiger partial charge in [0.2, 0.25) is 5.91 Å². The first-order chi connectivity index (χ1) is 12.3. The zero-order valence-electron chi connectivity index (χ0n) is 15.2. The highest BCUT2D eigenvalue weighted by atomic mass is 32.2. The molecule has 26 heavy (non-hydrogen) atoms. The van der Waals surface area contributed by atoms with Crippen LogP contribution in [0.25, 0.3) is 0 Å². The molecule has 0 aromatic heterocycles. The van der Waals surface area contributed by atoms with Crippen LogP contribution in [0.1, 0.15) is 38.2 Å². The Bertz CT molecular complexity index is 732. The van der Waals surface area contributed by atoms with Crippen LogP contribution in [0, 0.1) is 0 Å². The summed E-state index contributed by atoms with van der Waals surface area (Å²) in [6.45, 7) is 2.04. The van der Waals surface area contributed by atoms with E-state index in [4.69, 9.17) is 4.74 Å². The van der Waals surface area contributed by atoms with Crippen LogP contribution in [0.4, 0.5) is 4.79 Å². The van der Waals surface area contributed by atoms with Gasteiger partial charge in [-0.3, -0.25) is 10.1 Å². The van der Waals surface area contributed by atoms with Crippen LogP contribution < -0.4 is 15.4 Å². The average molecular weight is 383 g/mol. The van der Waals surface area contributed by atoms with Crippen LogP contribution in [0.15, 0.2) is 28.6 Å². The maximum Gasteiger partial charge on any atom is 0.321 e. The fourth-order valence-corrected chi connectivity index (χ4v) is 2.91. The zero-order chi connectivity index (χ0) is 19.6. The lowest BCUT2D eigenvalue weighted by molar-refractivity contribution is -0.119. The van der Waals surface area contributed by atoms with Crippen molar-refractivity contribution < 1.29 is 22.7 Å². The van der Waals surface area contributed by atoms with Gasteiger partial charge < -0.3 is 10.1 Å². The van der Waals surface area contributed by atoms with E-state index in [0.717, 1.165) is 37.0 Å². The van der Waals surface area contributed by atoms with Crippen LogP contribution >= 0.6 is 0 Å². The SMILES string of the molecule is CCCC1(N=S(=O)=O)CC1.CNC(=O)NC(=O)Cc1ccc(OC)cc1. The van der Waals surface area contributed by atoms with Gasteiger partial charge in [0.15, 0.2) is 0 Å². The Morgan fingerprint density at radius 3 is 2.27 bits per heavy atom. The van der Waals surface area contributed by atoms with Crippen LogP contribution in [-0.2, 0) is 21.7 Å². The van der Waals surface area contributed by atoms with Gasteiger partial charge in [0.1, 0.15) is 5.75 Å². The molecular weight excluding hydrogens is 358 g/mol. The van der Waals surface area contributed by atoms with E-state index in [1.807, 2.05) is 6.92 Å². The lowest BCUT2D eigenvalue weighted by Gasteiger charge is -2.04. The van der Waals surface area contributed by atoms with Crippen molar-refractivity contribution in [1.29, 1.82) is 0 Å². The molecule has 0 bridgehead atoms. The van der Waals surface area contributed by atoms with E-state index in [0.29, 0.717) is 0 Å². The summed E-state index contributed by atoms with van der Waals surface area (Å²) in [6.07, 6.45) is 4.00. The van der Waals surface area contributed by atoms with Crippen molar-refractivity contribution in [2.75, 3.05) is 14.2 Å². The molecule has 0 aliphatic heterocycles. The summed E-state index contributed by atoms with van der Waals surface area (Å²) in [5.74, 6) is 0.389. The third-order valence-electron chi connectivity index (χ3n) is 3.81. The van der Waals surface area contributed by atoms with Gasteiger partial charge in [0, 0.05) is 7.05 Å². The van der Waals surface area contributed by atoms with Gasteiger partial charge >= 0.3 is 16.5 Å². The molecule has 3 amide bonds. The fraction of sp³-hybridized carbons (Fsp3) is 0.529. The lowest BCUT2D eigenvalue weighted by atomic mass is 10.1. The summed E-state index contributed by atoms with van der Waals surface area (Å²) in [7, 11) is 0.832. The fourth-order valence-electron chi connectivity index (χ4n) is 2.32. The van der Waals surface area contributed by atoms with Crippen molar-refractivity contribution in [2.24, 2.45) is 4.36 Å². The standard InChI is InChI=1S/C11H14N2O3.C6H11NO2S/c1-12-11(15)13-10(14)7-8-3-5-9(16-2)6-4-8;1-2-3-6(4-5-6)7-10(8)9/h3-6H,7H2,1-2H3,(H2,12,13,14,15);2-5H2,1H3. The number of rotatable bonds is 6. The second kappa shape index (κ2) is 10.5. The Labute approximate surface area is 155 Å². The highest BCUT2D eigenvalue weighted by molar-refractivity contribution is 7.61. The number of nitrogens with zero attached hydrogens (tertiary/aromatic N) is 1. The second-order valence-electron chi connectivity index (χ2n) is 5.93. The van der Waals surface area contributed by atoms with Gasteiger partial charge in [-0.05, 0) is 37.0 Å². The monoisotopic (exact) mass is 383 g/mol. The molecule has 1 fully saturated rings. The smallest absolute Gasteiger partial charge is 0.321 e. The molecule has 1 aromatic rings. The van der Waals surface area contributed by atoms with Gasteiger partial charge in [0.05, 0.1) is 19.1 Å². The number of ether oxygens (including phenoxy) is 1. The molecule has 1 aliphatic rings. The van der Waals surface area contributed by atoms with Crippen LogP contribution in [0.5, 0.6) is 5.75 Å². The topological polar surface area (TPSA) is 114 Å². The maximum absolute atomic E-state index is 11.3. The van der Waals surface area contributed by atoms with E-state index < -0.39 is 16.5 Å². The van der Waals surface area contributed by atoms with Gasteiger partial charge in [-0.2, -0.15) is 12.8 Å². The molecule has 0 spiro atoms. The number of hydrogen-bond acceptors (Lipinski definition) is 6. The molecule has 1 saturated carbocycles. The number of benzene rings is 1. The Hall–Kier alpha value is -2.42. The quantitative estimate of drug-likeness (QED) is 0.780. The maximum atomic E-state index is 11.3. The van der Waals surface area contributed by atoms with E-state index in [-0.39, 0.29) is 17.9 Å². The Kier molecular flexibility index (Phi) is 8.77. The molecule has 0 unspecified atom stereocenters. The largest absolute Gasteiger partial charge is 0.497 e. The minimum atomic E-state index is -2.20. The van der Waals surface area contributed by atoms with Crippen molar-refractivity contribution >= 4 is 22.4 Å². The van der Waals surface area contributed by atoms with Crippen molar-refractivity contribution in [3.8, 4) is 5.75 Å². The predicted octanol–water partition coefficient (Wildman–Crippen LogP) is 2.08. The Balaban J connectivity index is 0.000000289. The zero-order valence-corrected chi connectivity index (χ0v) is 16.1. The van der Waals surface area contributed by atoms with Crippen LogP contribution in [0.2, 0.25) is 0 Å². The third-order valence-corrected chi connectivity index (χ3v) is 4.35. The minimum absolute atomic E-state index is 0.164. The normalized spacial score (nSPS) is 13.5. The Morgan fingerprint density at radius 2 is 1.85 bits per heavy atom. The van der Waals surface area contributed by atoms with E-state index in [1.54, 1.807) is 31.4 Å². The first kappa shape index (κ1) is 21.6. The molecule has 2 N–H and O–H groups in total. The summed E-state index contributed by atoms with van der Waals surface area (Å²) in [6, 6.07) is 6.59. The number of carbonyl (C=O) groups excluding carboxylic acids is 2. The number of methoxy groups -OCH3 is 1. The number of urea groups is 1. The van der Waals surface area contributed by atoms with Crippen molar-refractivity contribution in [2.45, 2.75) is 44.6 Å². The molecule has 0 atom stereocenters. The highest BCUT2D eigenvalue weighted by Gasteiger charge is 2.42. The molecule has 0 heterocycles. The molecule has 1 aliphatic carbocycles. The summed E-state index contributed by atoms with van der Waals surface area (Å²) < 4.78 is 28.9. The summed E-state index contributed by atoms with van der Waals surface area (Å²) >= 11 is 0. The van der Waals surface area contributed by atoms with E-state index in [9.17, 15) is 18.0 Å². The van der Waals surface area contributed by atoms with Crippen LogP contribution in [0.3, 0.4) is 0 Å². The predicted molar refractivity (Wildman–Crippen MR) is 97.5 cm³/mol. The van der Waals surface area contributed by atoms with Crippen molar-refractivity contribution in [3.63, 3.8) is 0 Å². The first-order valence-electron chi connectivity index (χ1n) is 8.31. The van der Waals surface area contributed by atoms with Gasteiger partial charge in [-0.25, -0.2) is 4.79 Å². The first-order valence-corrected chi connectivity index (χ1v) is 9.34. The van der Waals surface area contributed by atoms with Gasteiger partial charge in [-0.1, -0.05) is 25.5 Å². The van der Waals surface area contributed by atoms with E-state index in [1.165, 1.54) is 7.05 Å². The number of hydrogen-bond donors (Lipinski definition) is 2. The Morgan fingerprint density at radius 1 is 1.23 bits per heavy atom. The number of carbonyl (C=O) groups is 2. The van der Waals surface area contributed by atoms with Gasteiger partial charge in [-0.15, -0.1) is 0 Å². The summed E-state index contributed by atoms with van der Waals surface area (Å²) in [4.78, 5) is 22.2. The molecule has 1 aromatic carbocycles. The van der Waals surface area contributed by atoms with Crippen LogP contribution in [-0.4, -0.2) is 40.1 Å². The average Bonchev–Trinajstić information content (AvgIpc) is 3.34. The molecule has 9 heteroatoms. The summed E-state index contributed by atoms with van der Waals surface area (Å²) in [5.41, 5.74) is 0.656. The number of amides is 3. The summed E-state index contributed by atoms with van der Waals surface area (Å²) in [5, 5.41) is 4.50. The molecule has 2 rings (SSSR count). The lowest BCUT2D eigenvalue weighted by Crippen LogP contribution is -2.38. The molecule has 0 saturated heterocycles. The molecule has 8 nitrogen and oxygen atoms in total. The van der Waals surface area contributed by atoms with Crippen molar-refractivity contribution in [1.82, 2.24) is 10.6 Å².